The fourth-order valence-electron chi connectivity index (χ4n) is 1.29. The van der Waals surface area contributed by atoms with Gasteiger partial charge in [-0.1, -0.05) is 12.1 Å². The number of ether oxygens (including phenoxy) is 2. The average molecular weight is 248 g/mol. The predicted molar refractivity (Wildman–Crippen MR) is 66.1 cm³/mol. The number of carbonyl (C=O) groups excluding carboxylic acids is 1. The van der Waals surface area contributed by atoms with Gasteiger partial charge in [-0.05, 0) is 17.7 Å². The molecule has 0 aliphatic rings. The maximum atomic E-state index is 11.3. The number of nitrogens with zero attached hydrogens (tertiary/aromatic N) is 1. The molecule has 0 saturated heterocycles. The maximum absolute atomic E-state index is 11.3. The molecule has 0 fully saturated rings. The molecule has 0 radical (unpaired) electrons. The van der Waals surface area contributed by atoms with Gasteiger partial charge in [0.1, 0.15) is 5.75 Å². The molecule has 1 N–H and O–H groups in total. The third-order valence-corrected chi connectivity index (χ3v) is 2.20. The number of benzene rings is 1. The van der Waals surface area contributed by atoms with Crippen molar-refractivity contribution in [2.24, 2.45) is 0 Å². The Kier molecular flexibility index (Phi) is 6.30. The van der Waals surface area contributed by atoms with Crippen LogP contribution in [-0.4, -0.2) is 32.8 Å². The van der Waals surface area contributed by atoms with Crippen LogP contribution in [0, 0.1) is 11.3 Å². The van der Waals surface area contributed by atoms with E-state index in [1.807, 2.05) is 0 Å². The van der Waals surface area contributed by atoms with Crippen LogP contribution in [0.1, 0.15) is 5.56 Å². The lowest BCUT2D eigenvalue weighted by Gasteiger charge is -2.07. The summed E-state index contributed by atoms with van der Waals surface area (Å²) < 4.78 is 10.1. The van der Waals surface area contributed by atoms with Crippen LogP contribution < -0.4 is 10.1 Å². The van der Waals surface area contributed by atoms with Crippen LogP contribution in [0.25, 0.3) is 0 Å². The van der Waals surface area contributed by atoms with Gasteiger partial charge in [-0.3, -0.25) is 4.79 Å². The third kappa shape index (κ3) is 5.32. The van der Waals surface area contributed by atoms with Gasteiger partial charge in [0.2, 0.25) is 0 Å². The Morgan fingerprint density at radius 1 is 1.39 bits per heavy atom. The van der Waals surface area contributed by atoms with Gasteiger partial charge in [0, 0.05) is 13.7 Å². The fourth-order valence-corrected chi connectivity index (χ4v) is 1.29. The molecule has 96 valence electrons. The minimum Gasteiger partial charge on any atom is -0.484 e. The van der Waals surface area contributed by atoms with E-state index in [0.29, 0.717) is 25.3 Å². The zero-order chi connectivity index (χ0) is 13.2. The van der Waals surface area contributed by atoms with Crippen LogP contribution in [0.15, 0.2) is 24.3 Å². The van der Waals surface area contributed by atoms with E-state index < -0.39 is 0 Å². The maximum Gasteiger partial charge on any atom is 0.258 e. The molecule has 0 saturated carbocycles. The molecular weight excluding hydrogens is 232 g/mol. The molecule has 1 aromatic rings. The summed E-state index contributed by atoms with van der Waals surface area (Å²) in [6.07, 6.45) is 0.373. The Labute approximate surface area is 106 Å². The van der Waals surface area contributed by atoms with Crippen LogP contribution in [0.3, 0.4) is 0 Å². The number of nitriles is 1. The Morgan fingerprint density at radius 2 is 2.11 bits per heavy atom. The van der Waals surface area contributed by atoms with Crippen molar-refractivity contribution >= 4 is 5.91 Å². The third-order valence-electron chi connectivity index (χ3n) is 2.20. The second-order valence-corrected chi connectivity index (χ2v) is 3.61. The number of methoxy groups -OCH3 is 1. The van der Waals surface area contributed by atoms with Gasteiger partial charge >= 0.3 is 0 Å². The monoisotopic (exact) mass is 248 g/mol. The quantitative estimate of drug-likeness (QED) is 0.727. The Balaban J connectivity index is 2.30. The van der Waals surface area contributed by atoms with Crippen molar-refractivity contribution in [3.63, 3.8) is 0 Å². The van der Waals surface area contributed by atoms with E-state index in [1.165, 1.54) is 0 Å². The molecule has 0 heterocycles. The summed E-state index contributed by atoms with van der Waals surface area (Å²) in [5, 5.41) is 11.2. The molecule has 0 aliphatic heterocycles. The first-order chi connectivity index (χ1) is 8.76. The van der Waals surface area contributed by atoms with Crippen molar-refractivity contribution in [2.75, 3.05) is 26.9 Å². The first kappa shape index (κ1) is 14.0. The molecule has 0 spiro atoms. The first-order valence-corrected chi connectivity index (χ1v) is 5.60. The highest BCUT2D eigenvalue weighted by molar-refractivity contribution is 5.77. The first-order valence-electron chi connectivity index (χ1n) is 5.60. The van der Waals surface area contributed by atoms with Gasteiger partial charge in [0.15, 0.2) is 6.61 Å². The van der Waals surface area contributed by atoms with Crippen LogP contribution in [0.4, 0.5) is 0 Å². The number of hydrogen-bond acceptors (Lipinski definition) is 4. The SMILES string of the molecule is COCCNC(=O)COc1ccc(CC#N)cc1. The van der Waals surface area contributed by atoms with Crippen molar-refractivity contribution < 1.29 is 14.3 Å². The van der Waals surface area contributed by atoms with Gasteiger partial charge in [0.25, 0.3) is 5.91 Å². The fraction of sp³-hybridized carbons (Fsp3) is 0.385. The van der Waals surface area contributed by atoms with Gasteiger partial charge in [-0.2, -0.15) is 5.26 Å². The lowest BCUT2D eigenvalue weighted by atomic mass is 10.2. The molecule has 1 aromatic carbocycles. The Morgan fingerprint density at radius 3 is 2.72 bits per heavy atom. The smallest absolute Gasteiger partial charge is 0.258 e. The Bertz CT molecular complexity index is 409. The van der Waals surface area contributed by atoms with Crippen molar-refractivity contribution in [1.29, 1.82) is 5.26 Å². The van der Waals surface area contributed by atoms with Crippen LogP contribution in [-0.2, 0) is 16.0 Å². The molecule has 0 unspecified atom stereocenters. The van der Waals surface area contributed by atoms with E-state index in [4.69, 9.17) is 14.7 Å². The minimum atomic E-state index is -0.187. The standard InChI is InChI=1S/C13H16N2O3/c1-17-9-8-15-13(16)10-18-12-4-2-11(3-5-12)6-7-14/h2-5H,6,8-10H2,1H3,(H,15,16). The number of nitrogens with one attached hydrogen (secondary N) is 1. The Hall–Kier alpha value is -2.06. The van der Waals surface area contributed by atoms with Crippen LogP contribution in [0.2, 0.25) is 0 Å². The highest BCUT2D eigenvalue weighted by Gasteiger charge is 2.02. The molecular formula is C13H16N2O3. The molecule has 1 rings (SSSR count). The number of carbonyl (C=O) groups is 1. The topological polar surface area (TPSA) is 71.3 Å². The van der Waals surface area contributed by atoms with E-state index in [1.54, 1.807) is 31.4 Å². The van der Waals surface area contributed by atoms with Crippen molar-refractivity contribution in [1.82, 2.24) is 5.32 Å². The summed E-state index contributed by atoms with van der Waals surface area (Å²) in [4.78, 5) is 11.3. The van der Waals surface area contributed by atoms with Gasteiger partial charge in [-0.25, -0.2) is 0 Å². The molecule has 0 atom stereocenters. The average Bonchev–Trinajstić information content (AvgIpc) is 2.39. The van der Waals surface area contributed by atoms with Crippen LogP contribution >= 0.6 is 0 Å². The largest absolute Gasteiger partial charge is 0.484 e. The second kappa shape index (κ2) is 8.09. The summed E-state index contributed by atoms with van der Waals surface area (Å²) in [7, 11) is 1.57. The number of hydrogen-bond donors (Lipinski definition) is 1. The van der Waals surface area contributed by atoms with Crippen molar-refractivity contribution in [3.05, 3.63) is 29.8 Å². The summed E-state index contributed by atoms with van der Waals surface area (Å²) in [6.45, 7) is 0.926. The van der Waals surface area contributed by atoms with E-state index in [-0.39, 0.29) is 12.5 Å². The zero-order valence-electron chi connectivity index (χ0n) is 10.3. The molecule has 0 bridgehead atoms. The summed E-state index contributed by atoms with van der Waals surface area (Å²) in [5.41, 5.74) is 0.925. The van der Waals surface area contributed by atoms with E-state index in [0.717, 1.165) is 5.56 Å². The summed E-state index contributed by atoms with van der Waals surface area (Å²) in [6, 6.07) is 9.17. The lowest BCUT2D eigenvalue weighted by molar-refractivity contribution is -0.123. The zero-order valence-corrected chi connectivity index (χ0v) is 10.3. The summed E-state index contributed by atoms with van der Waals surface area (Å²) >= 11 is 0. The normalized spacial score (nSPS) is 9.56. The minimum absolute atomic E-state index is 0.0265. The molecule has 5 nitrogen and oxygen atoms in total. The van der Waals surface area contributed by atoms with E-state index in [9.17, 15) is 4.79 Å². The molecule has 0 aliphatic carbocycles. The van der Waals surface area contributed by atoms with Crippen LogP contribution in [0.5, 0.6) is 5.75 Å². The van der Waals surface area contributed by atoms with Crippen molar-refractivity contribution in [3.8, 4) is 11.8 Å². The van der Waals surface area contributed by atoms with E-state index >= 15 is 0 Å². The molecule has 1 amide bonds. The highest BCUT2D eigenvalue weighted by atomic mass is 16.5. The summed E-state index contributed by atoms with van der Waals surface area (Å²) in [5.74, 6) is 0.423. The van der Waals surface area contributed by atoms with Gasteiger partial charge in [-0.15, -0.1) is 0 Å². The molecule has 5 heteroatoms. The predicted octanol–water partition coefficient (Wildman–Crippen LogP) is 0.894. The second-order valence-electron chi connectivity index (χ2n) is 3.61. The molecule has 18 heavy (non-hydrogen) atoms. The lowest BCUT2D eigenvalue weighted by Crippen LogP contribution is -2.31. The highest BCUT2D eigenvalue weighted by Crippen LogP contribution is 2.12. The number of amides is 1. The number of rotatable bonds is 7. The van der Waals surface area contributed by atoms with E-state index in [2.05, 4.69) is 11.4 Å². The molecule has 0 aromatic heterocycles. The van der Waals surface area contributed by atoms with Crippen molar-refractivity contribution in [2.45, 2.75) is 6.42 Å². The van der Waals surface area contributed by atoms with Gasteiger partial charge in [0.05, 0.1) is 19.1 Å². The van der Waals surface area contributed by atoms with Gasteiger partial charge < -0.3 is 14.8 Å².